The molecule has 11 heteroatoms. The predicted octanol–water partition coefficient (Wildman–Crippen LogP) is 5.64. The van der Waals surface area contributed by atoms with Crippen LogP contribution >= 0.6 is 0 Å². The van der Waals surface area contributed by atoms with Gasteiger partial charge in [-0.15, -0.1) is 0 Å². The van der Waals surface area contributed by atoms with Gasteiger partial charge in [0.05, 0.1) is 15.9 Å². The van der Waals surface area contributed by atoms with E-state index < -0.39 is 15.9 Å². The van der Waals surface area contributed by atoms with Crippen LogP contribution in [0.25, 0.3) is 11.0 Å². The maximum atomic E-state index is 12.7. The summed E-state index contributed by atoms with van der Waals surface area (Å²) in [6, 6.07) is 23.6. The molecule has 0 spiro atoms. The van der Waals surface area contributed by atoms with Crippen molar-refractivity contribution in [2.75, 3.05) is 18.4 Å². The maximum Gasteiger partial charge on any atom is 0.270 e. The van der Waals surface area contributed by atoms with Gasteiger partial charge in [0.25, 0.3) is 5.91 Å². The van der Waals surface area contributed by atoms with Gasteiger partial charge >= 0.3 is 0 Å². The molecule has 0 bridgehead atoms. The molecule has 0 saturated carbocycles. The van der Waals surface area contributed by atoms with Gasteiger partial charge in [0.15, 0.2) is 0 Å². The van der Waals surface area contributed by atoms with Crippen LogP contribution in [0.4, 0.5) is 11.6 Å². The van der Waals surface area contributed by atoms with E-state index in [9.17, 15) is 13.2 Å². The summed E-state index contributed by atoms with van der Waals surface area (Å²) >= 11 is 0. The molecule has 5 aromatic rings. The summed E-state index contributed by atoms with van der Waals surface area (Å²) in [4.78, 5) is 21.7. The Labute approximate surface area is 251 Å². The van der Waals surface area contributed by atoms with Crippen molar-refractivity contribution in [1.29, 1.82) is 0 Å². The number of aryl methyl sites for hydroxylation is 2. The van der Waals surface area contributed by atoms with E-state index in [2.05, 4.69) is 46.3 Å². The number of hydrogen-bond acceptors (Lipinski definition) is 7. The maximum absolute atomic E-state index is 12.7. The van der Waals surface area contributed by atoms with Crippen molar-refractivity contribution in [2.24, 2.45) is 7.05 Å². The molecule has 0 atom stereocenters. The number of imidazole rings is 1. The van der Waals surface area contributed by atoms with Crippen molar-refractivity contribution < 1.29 is 17.9 Å². The average molecular weight is 599 g/mol. The Bertz CT molecular complexity index is 1870. The summed E-state index contributed by atoms with van der Waals surface area (Å²) in [6.07, 6.45) is 1.48. The number of nitrogens with one attached hydrogen (secondary N) is 3. The van der Waals surface area contributed by atoms with Crippen LogP contribution in [-0.2, 0) is 17.1 Å². The highest BCUT2D eigenvalue weighted by Crippen LogP contribution is 2.29. The Morgan fingerprint density at radius 3 is 2.49 bits per heavy atom. The normalized spacial score (nSPS) is 11.6. The Kier molecular flexibility index (Phi) is 8.74. The zero-order chi connectivity index (χ0) is 30.6. The molecule has 3 N–H and O–H groups in total. The van der Waals surface area contributed by atoms with Crippen LogP contribution in [0.15, 0.2) is 90.0 Å². The van der Waals surface area contributed by atoms with Crippen LogP contribution in [-0.4, -0.2) is 41.9 Å². The molecule has 0 aliphatic heterocycles. The summed E-state index contributed by atoms with van der Waals surface area (Å²) < 4.78 is 35.4. The minimum atomic E-state index is -3.67. The summed E-state index contributed by atoms with van der Waals surface area (Å²) in [6.45, 7) is 6.32. The van der Waals surface area contributed by atoms with E-state index in [1.807, 2.05) is 48.9 Å². The van der Waals surface area contributed by atoms with Gasteiger partial charge in [-0.25, -0.2) is 18.1 Å². The first-order valence-corrected chi connectivity index (χ1v) is 15.4. The number of rotatable bonds is 11. The molecule has 2 aromatic heterocycles. The number of carbonyl (C=O) groups excluding carboxylic acids is 1. The van der Waals surface area contributed by atoms with Crippen LogP contribution < -0.4 is 20.1 Å². The topological polar surface area (TPSA) is 127 Å². The molecule has 0 unspecified atom stereocenters. The second kappa shape index (κ2) is 12.6. The molecule has 0 radical (unpaired) electrons. The van der Waals surface area contributed by atoms with Crippen LogP contribution in [0.3, 0.4) is 0 Å². The Hall–Kier alpha value is -4.74. The molecule has 0 aliphatic carbocycles. The van der Waals surface area contributed by atoms with E-state index in [1.54, 1.807) is 30.3 Å². The summed E-state index contributed by atoms with van der Waals surface area (Å²) in [5.41, 5.74) is 5.01. The molecule has 2 heterocycles. The zero-order valence-electron chi connectivity index (χ0n) is 24.5. The van der Waals surface area contributed by atoms with Crippen molar-refractivity contribution in [3.05, 3.63) is 102 Å². The quantitative estimate of drug-likeness (QED) is 0.168. The lowest BCUT2D eigenvalue weighted by Crippen LogP contribution is -2.35. The number of aromatic nitrogens is 3. The summed E-state index contributed by atoms with van der Waals surface area (Å²) in [7, 11) is -1.72. The van der Waals surface area contributed by atoms with Gasteiger partial charge in [-0.2, -0.15) is 0 Å². The predicted molar refractivity (Wildman–Crippen MR) is 168 cm³/mol. The highest BCUT2D eigenvalue weighted by molar-refractivity contribution is 7.89. The van der Waals surface area contributed by atoms with Gasteiger partial charge in [-0.3, -0.25) is 9.78 Å². The number of sulfonamides is 1. The van der Waals surface area contributed by atoms with Crippen LogP contribution in [0, 0.1) is 6.92 Å². The molecule has 0 saturated heterocycles. The number of benzene rings is 3. The van der Waals surface area contributed by atoms with Gasteiger partial charge in [0, 0.05) is 44.2 Å². The number of carbonyl (C=O) groups is 1. The Morgan fingerprint density at radius 2 is 1.72 bits per heavy atom. The van der Waals surface area contributed by atoms with Crippen molar-refractivity contribution in [3.8, 4) is 11.5 Å². The molecule has 0 fully saturated rings. The smallest absolute Gasteiger partial charge is 0.270 e. The van der Waals surface area contributed by atoms with Gasteiger partial charge in [0.2, 0.25) is 16.0 Å². The summed E-state index contributed by atoms with van der Waals surface area (Å²) in [5, 5.41) is 6.09. The molecule has 222 valence electrons. The fourth-order valence-corrected chi connectivity index (χ4v) is 5.48. The first-order chi connectivity index (χ1) is 20.6. The van der Waals surface area contributed by atoms with E-state index in [4.69, 9.17) is 9.72 Å². The third-order valence-electron chi connectivity index (χ3n) is 6.90. The number of nitrogens with zero attached hydrogens (tertiary/aromatic N) is 3. The number of anilines is 2. The third kappa shape index (κ3) is 7.19. The first-order valence-electron chi connectivity index (χ1n) is 13.9. The minimum absolute atomic E-state index is 0.0300. The van der Waals surface area contributed by atoms with E-state index in [0.717, 1.165) is 22.3 Å². The zero-order valence-corrected chi connectivity index (χ0v) is 25.3. The highest BCUT2D eigenvalue weighted by Gasteiger charge is 2.15. The number of pyridine rings is 1. The number of hydrogen-bond donors (Lipinski definition) is 3. The van der Waals surface area contributed by atoms with Gasteiger partial charge < -0.3 is 19.9 Å². The molecule has 43 heavy (non-hydrogen) atoms. The largest absolute Gasteiger partial charge is 0.457 e. The lowest BCUT2D eigenvalue weighted by Gasteiger charge is -2.10. The van der Waals surface area contributed by atoms with E-state index in [0.29, 0.717) is 23.4 Å². The second-order valence-electron chi connectivity index (χ2n) is 10.5. The van der Waals surface area contributed by atoms with Gasteiger partial charge in [-0.05, 0) is 60.9 Å². The fourth-order valence-electron chi connectivity index (χ4n) is 4.45. The minimum Gasteiger partial charge on any atom is -0.457 e. The number of fused-ring (bicyclic) bond motifs is 1. The lowest BCUT2D eigenvalue weighted by molar-refractivity contribution is 0.0949. The fraction of sp³-hybridized carbons (Fsp3) is 0.219. The van der Waals surface area contributed by atoms with Crippen LogP contribution in [0.2, 0.25) is 0 Å². The molecule has 0 aliphatic rings. The Balaban J connectivity index is 1.20. The van der Waals surface area contributed by atoms with Crippen LogP contribution in [0.5, 0.6) is 11.5 Å². The van der Waals surface area contributed by atoms with Crippen molar-refractivity contribution in [1.82, 2.24) is 24.6 Å². The molecule has 5 rings (SSSR count). The van der Waals surface area contributed by atoms with Gasteiger partial charge in [0.1, 0.15) is 17.2 Å². The molecule has 1 amide bonds. The van der Waals surface area contributed by atoms with Crippen molar-refractivity contribution in [3.63, 3.8) is 0 Å². The van der Waals surface area contributed by atoms with Crippen molar-refractivity contribution >= 4 is 38.6 Å². The standard InChI is InChI=1S/C32H34N6O4S/c1-21(2)23-6-5-7-24(18-23)36-32-37-28-19-25(10-13-30(28)38(32)4)42-26-14-15-33-29(20-26)31(39)34-16-17-35-43(40,41)27-11-8-22(3)9-12-27/h5-15,18-21,35H,16-17H2,1-4H3,(H,34,39)(H,36,37). The highest BCUT2D eigenvalue weighted by atomic mass is 32.2. The molecular formula is C32H34N6O4S. The SMILES string of the molecule is Cc1ccc(S(=O)(=O)NCCNC(=O)c2cc(Oc3ccc4c(c3)nc(Nc3cccc(C(C)C)c3)n4C)ccn2)cc1. The van der Waals surface area contributed by atoms with Crippen molar-refractivity contribution in [2.45, 2.75) is 31.6 Å². The van der Waals surface area contributed by atoms with E-state index in [1.165, 1.54) is 17.8 Å². The molecular weight excluding hydrogens is 564 g/mol. The summed E-state index contributed by atoms with van der Waals surface area (Å²) in [5.74, 6) is 1.67. The third-order valence-corrected chi connectivity index (χ3v) is 8.37. The lowest BCUT2D eigenvalue weighted by atomic mass is 10.0. The Morgan fingerprint density at radius 1 is 0.953 bits per heavy atom. The second-order valence-corrected chi connectivity index (χ2v) is 12.3. The van der Waals surface area contributed by atoms with Crippen LogP contribution in [0.1, 0.15) is 41.4 Å². The number of amides is 1. The number of ether oxygens (including phenoxy) is 1. The van der Waals surface area contributed by atoms with E-state index in [-0.39, 0.29) is 23.7 Å². The van der Waals surface area contributed by atoms with Gasteiger partial charge in [-0.1, -0.05) is 43.7 Å². The molecule has 3 aromatic carbocycles. The van der Waals surface area contributed by atoms with E-state index >= 15 is 0 Å². The monoisotopic (exact) mass is 598 g/mol. The first kappa shape index (κ1) is 29.7. The average Bonchev–Trinajstić information content (AvgIpc) is 3.29. The molecule has 10 nitrogen and oxygen atoms in total.